The fourth-order valence-electron chi connectivity index (χ4n) is 1.51. The number of benzene rings is 1. The van der Waals surface area contributed by atoms with Crippen LogP contribution in [-0.4, -0.2) is 20.1 Å². The Hall–Kier alpha value is -1.95. The van der Waals surface area contributed by atoms with Crippen molar-refractivity contribution in [2.24, 2.45) is 7.05 Å². The molecular formula is C12H14FN3O2. The van der Waals surface area contributed by atoms with Crippen LogP contribution in [0.3, 0.4) is 0 Å². The van der Waals surface area contributed by atoms with Gasteiger partial charge in [-0.1, -0.05) is 11.3 Å². The minimum atomic E-state index is -0.700. The smallest absolute Gasteiger partial charge is 0.165 e. The summed E-state index contributed by atoms with van der Waals surface area (Å²) in [6.45, 7) is 1.73. The maximum absolute atomic E-state index is 13.6. The van der Waals surface area contributed by atoms with Crippen molar-refractivity contribution in [3.05, 3.63) is 41.5 Å². The molecule has 2 aromatic rings. The Kier molecular flexibility index (Phi) is 3.57. The summed E-state index contributed by atoms with van der Waals surface area (Å²) in [7, 11) is 1.74. The summed E-state index contributed by atoms with van der Waals surface area (Å²) in [4.78, 5) is 0. The van der Waals surface area contributed by atoms with E-state index < -0.39 is 11.9 Å². The van der Waals surface area contributed by atoms with Crippen LogP contribution in [0.2, 0.25) is 0 Å². The van der Waals surface area contributed by atoms with Crippen molar-refractivity contribution in [2.75, 3.05) is 0 Å². The van der Waals surface area contributed by atoms with E-state index in [0.29, 0.717) is 11.3 Å². The zero-order valence-electron chi connectivity index (χ0n) is 10.2. The van der Waals surface area contributed by atoms with Crippen molar-refractivity contribution in [3.63, 3.8) is 0 Å². The molecule has 0 aliphatic rings. The molecule has 0 fully saturated rings. The highest BCUT2D eigenvalue weighted by atomic mass is 19.1. The molecule has 0 amide bonds. The largest absolute Gasteiger partial charge is 0.484 e. The molecular weight excluding hydrogens is 237 g/mol. The van der Waals surface area contributed by atoms with Crippen molar-refractivity contribution >= 4 is 0 Å². The molecule has 1 heterocycles. The minimum Gasteiger partial charge on any atom is -0.484 e. The van der Waals surface area contributed by atoms with Crippen molar-refractivity contribution < 1.29 is 14.2 Å². The molecule has 0 spiro atoms. The standard InChI is InChI=1S/C12H14FN3O2/c1-8(17)9-3-4-12(11(13)5-9)18-7-10-6-16(2)15-14-10/h3-6,8,17H,7H2,1-2H3/t8-/m1/s1. The molecule has 0 unspecified atom stereocenters. The van der Waals surface area contributed by atoms with Gasteiger partial charge >= 0.3 is 0 Å². The number of ether oxygens (including phenoxy) is 1. The molecule has 0 aliphatic heterocycles. The molecule has 18 heavy (non-hydrogen) atoms. The van der Waals surface area contributed by atoms with Crippen LogP contribution >= 0.6 is 0 Å². The van der Waals surface area contributed by atoms with Gasteiger partial charge in [-0.3, -0.25) is 4.68 Å². The van der Waals surface area contributed by atoms with Crippen LogP contribution in [0.1, 0.15) is 24.3 Å². The number of halogens is 1. The quantitative estimate of drug-likeness (QED) is 0.896. The van der Waals surface area contributed by atoms with Crippen LogP contribution in [0.25, 0.3) is 0 Å². The van der Waals surface area contributed by atoms with Crippen LogP contribution in [0.15, 0.2) is 24.4 Å². The number of nitrogens with zero attached hydrogens (tertiary/aromatic N) is 3. The predicted octanol–water partition coefficient (Wildman–Crippen LogP) is 1.59. The highest BCUT2D eigenvalue weighted by Gasteiger charge is 2.08. The van der Waals surface area contributed by atoms with Crippen LogP contribution in [0.4, 0.5) is 4.39 Å². The minimum absolute atomic E-state index is 0.130. The van der Waals surface area contributed by atoms with Crippen molar-refractivity contribution in [2.45, 2.75) is 19.6 Å². The lowest BCUT2D eigenvalue weighted by atomic mass is 10.1. The first-order valence-corrected chi connectivity index (χ1v) is 5.52. The molecule has 0 saturated carbocycles. The van der Waals surface area contributed by atoms with E-state index in [9.17, 15) is 9.50 Å². The Morgan fingerprint density at radius 2 is 2.28 bits per heavy atom. The van der Waals surface area contributed by atoms with Crippen LogP contribution < -0.4 is 4.74 Å². The average Bonchev–Trinajstić information content (AvgIpc) is 2.73. The number of hydrogen-bond acceptors (Lipinski definition) is 4. The SMILES string of the molecule is C[C@@H](O)c1ccc(OCc2cn(C)nn2)c(F)c1. The first kappa shape index (κ1) is 12.5. The lowest BCUT2D eigenvalue weighted by Gasteiger charge is -2.08. The Balaban J connectivity index is 2.05. The Labute approximate surface area is 104 Å². The molecule has 2 rings (SSSR count). The molecule has 0 bridgehead atoms. The third kappa shape index (κ3) is 2.84. The summed E-state index contributed by atoms with van der Waals surface area (Å²) >= 11 is 0. The Bertz CT molecular complexity index is 540. The Morgan fingerprint density at radius 3 is 2.83 bits per heavy atom. The first-order chi connectivity index (χ1) is 8.56. The van der Waals surface area contributed by atoms with E-state index >= 15 is 0 Å². The number of hydrogen-bond donors (Lipinski definition) is 1. The molecule has 0 radical (unpaired) electrons. The molecule has 6 heteroatoms. The molecule has 1 aromatic heterocycles. The number of rotatable bonds is 4. The highest BCUT2D eigenvalue weighted by Crippen LogP contribution is 2.22. The second kappa shape index (κ2) is 5.14. The summed E-state index contributed by atoms with van der Waals surface area (Å²) in [6.07, 6.45) is 0.996. The van der Waals surface area contributed by atoms with Gasteiger partial charge in [0, 0.05) is 7.05 Å². The predicted molar refractivity (Wildman–Crippen MR) is 62.4 cm³/mol. The van der Waals surface area contributed by atoms with Crippen molar-refractivity contribution in [1.82, 2.24) is 15.0 Å². The summed E-state index contributed by atoms with van der Waals surface area (Å²) < 4.78 is 20.5. The van der Waals surface area contributed by atoms with Gasteiger partial charge in [-0.25, -0.2) is 4.39 Å². The summed E-state index contributed by atoms with van der Waals surface area (Å²) in [6, 6.07) is 4.38. The second-order valence-electron chi connectivity index (χ2n) is 4.04. The van der Waals surface area contributed by atoms with Gasteiger partial charge in [0.25, 0.3) is 0 Å². The molecule has 5 nitrogen and oxygen atoms in total. The van der Waals surface area contributed by atoms with Crippen LogP contribution in [0, 0.1) is 5.82 Å². The second-order valence-corrected chi connectivity index (χ2v) is 4.04. The first-order valence-electron chi connectivity index (χ1n) is 5.52. The third-order valence-corrected chi connectivity index (χ3v) is 2.46. The molecule has 96 valence electrons. The number of aryl methyl sites for hydroxylation is 1. The van der Waals surface area contributed by atoms with E-state index in [1.165, 1.54) is 12.1 Å². The topological polar surface area (TPSA) is 60.2 Å². The van der Waals surface area contributed by atoms with Gasteiger partial charge in [-0.2, -0.15) is 0 Å². The normalized spacial score (nSPS) is 12.4. The fraction of sp³-hybridized carbons (Fsp3) is 0.333. The lowest BCUT2D eigenvalue weighted by Crippen LogP contribution is -1.99. The zero-order valence-corrected chi connectivity index (χ0v) is 10.2. The van der Waals surface area contributed by atoms with E-state index in [1.54, 1.807) is 30.9 Å². The zero-order chi connectivity index (χ0) is 13.1. The molecule has 1 N–H and O–H groups in total. The maximum Gasteiger partial charge on any atom is 0.165 e. The van der Waals surface area contributed by atoms with Gasteiger partial charge in [-0.15, -0.1) is 5.10 Å². The number of aromatic nitrogens is 3. The number of aliphatic hydroxyl groups is 1. The summed E-state index contributed by atoms with van der Waals surface area (Å²) in [5, 5.41) is 16.9. The maximum atomic E-state index is 13.6. The Morgan fingerprint density at radius 1 is 1.50 bits per heavy atom. The van der Waals surface area contributed by atoms with E-state index in [-0.39, 0.29) is 12.4 Å². The molecule has 1 atom stereocenters. The molecule has 0 saturated heterocycles. The van der Waals surface area contributed by atoms with Crippen LogP contribution in [-0.2, 0) is 13.7 Å². The van der Waals surface area contributed by atoms with E-state index in [0.717, 1.165) is 0 Å². The molecule has 1 aromatic carbocycles. The van der Waals surface area contributed by atoms with E-state index in [2.05, 4.69) is 10.3 Å². The monoisotopic (exact) mass is 251 g/mol. The van der Waals surface area contributed by atoms with E-state index in [4.69, 9.17) is 4.74 Å². The van der Waals surface area contributed by atoms with Gasteiger partial charge in [0.1, 0.15) is 12.3 Å². The van der Waals surface area contributed by atoms with E-state index in [1.807, 2.05) is 0 Å². The van der Waals surface area contributed by atoms with Gasteiger partial charge in [-0.05, 0) is 24.6 Å². The summed E-state index contributed by atoms with van der Waals surface area (Å²) in [5.41, 5.74) is 1.14. The van der Waals surface area contributed by atoms with Crippen molar-refractivity contribution in [3.8, 4) is 5.75 Å². The van der Waals surface area contributed by atoms with Gasteiger partial charge in [0.2, 0.25) is 0 Å². The van der Waals surface area contributed by atoms with Gasteiger partial charge < -0.3 is 9.84 Å². The van der Waals surface area contributed by atoms with Gasteiger partial charge in [0.15, 0.2) is 11.6 Å². The summed E-state index contributed by atoms with van der Waals surface area (Å²) in [5.74, 6) is -0.373. The number of aliphatic hydroxyl groups excluding tert-OH is 1. The fourth-order valence-corrected chi connectivity index (χ4v) is 1.51. The highest BCUT2D eigenvalue weighted by molar-refractivity contribution is 5.30. The average molecular weight is 251 g/mol. The lowest BCUT2D eigenvalue weighted by molar-refractivity contribution is 0.198. The third-order valence-electron chi connectivity index (χ3n) is 2.46. The van der Waals surface area contributed by atoms with Gasteiger partial charge in [0.05, 0.1) is 12.3 Å². The molecule has 0 aliphatic carbocycles. The van der Waals surface area contributed by atoms with Crippen LogP contribution in [0.5, 0.6) is 5.75 Å². The van der Waals surface area contributed by atoms with Crippen molar-refractivity contribution in [1.29, 1.82) is 0 Å².